The van der Waals surface area contributed by atoms with Gasteiger partial charge in [0.25, 0.3) is 0 Å². The molecule has 0 saturated carbocycles. The lowest BCUT2D eigenvalue weighted by molar-refractivity contribution is 0.0697. The number of benzene rings is 1. The monoisotopic (exact) mass is 407 g/mol. The number of rotatable bonds is 7. The van der Waals surface area contributed by atoms with Crippen LogP contribution in [-0.4, -0.2) is 46.6 Å². The van der Waals surface area contributed by atoms with Gasteiger partial charge >= 0.3 is 5.97 Å². The maximum Gasteiger partial charge on any atom is 0.339 e. The minimum absolute atomic E-state index is 0.278. The van der Waals surface area contributed by atoms with Crippen LogP contribution < -0.4 is 4.90 Å². The summed E-state index contributed by atoms with van der Waals surface area (Å²) in [5.41, 5.74) is 2.84. The molecule has 0 unspecified atom stereocenters. The number of thiophene rings is 1. The fourth-order valence-electron chi connectivity index (χ4n) is 4.00. The molecule has 4 rings (SSSR count). The van der Waals surface area contributed by atoms with Gasteiger partial charge < -0.3 is 10.0 Å². The molecule has 3 heterocycles. The molecule has 2 aromatic heterocycles. The lowest BCUT2D eigenvalue weighted by Crippen LogP contribution is -2.37. The average molecular weight is 408 g/mol. The topological polar surface area (TPSA) is 56.7 Å². The van der Waals surface area contributed by atoms with Gasteiger partial charge in [-0.25, -0.2) is 9.78 Å². The minimum Gasteiger partial charge on any atom is -0.478 e. The Balaban J connectivity index is 1.43. The smallest absolute Gasteiger partial charge is 0.339 e. The lowest BCUT2D eigenvalue weighted by Gasteiger charge is -2.28. The zero-order chi connectivity index (χ0) is 20.2. The van der Waals surface area contributed by atoms with Gasteiger partial charge in [-0.2, -0.15) is 0 Å². The van der Waals surface area contributed by atoms with Gasteiger partial charge in [-0.1, -0.05) is 37.3 Å². The summed E-state index contributed by atoms with van der Waals surface area (Å²) in [5.74, 6) is -0.339. The normalized spacial score (nSPS) is 16.5. The molecule has 1 aromatic carbocycles. The highest BCUT2D eigenvalue weighted by molar-refractivity contribution is 7.13. The van der Waals surface area contributed by atoms with Crippen LogP contribution >= 0.6 is 11.3 Å². The van der Waals surface area contributed by atoms with Crippen LogP contribution in [0.1, 0.15) is 29.3 Å². The molecule has 0 spiro atoms. The van der Waals surface area contributed by atoms with E-state index in [1.807, 2.05) is 0 Å². The number of carboxylic acids is 1. The molecule has 29 heavy (non-hydrogen) atoms. The molecule has 0 aliphatic carbocycles. The molecule has 1 fully saturated rings. The summed E-state index contributed by atoms with van der Waals surface area (Å²) >= 11 is 1.76. The Hall–Kier alpha value is -2.70. The highest BCUT2D eigenvalue weighted by Gasteiger charge is 2.29. The first-order valence-electron chi connectivity index (χ1n) is 9.96. The van der Waals surface area contributed by atoms with Crippen molar-refractivity contribution in [2.45, 2.75) is 25.9 Å². The summed E-state index contributed by atoms with van der Waals surface area (Å²) in [6, 6.07) is 16.7. The number of anilines is 1. The van der Waals surface area contributed by atoms with Crippen molar-refractivity contribution in [3.63, 3.8) is 0 Å². The van der Waals surface area contributed by atoms with Crippen LogP contribution in [0, 0.1) is 0 Å². The SMILES string of the molecule is CCN(Cc1ccc(-c2cccs2)cc1)[C@@H]1CCN(c2ncccc2C(=O)O)C1. The minimum atomic E-state index is -0.922. The quantitative estimate of drug-likeness (QED) is 0.620. The Bertz CT molecular complexity index is 957. The van der Waals surface area contributed by atoms with Gasteiger partial charge in [-0.05, 0) is 47.7 Å². The summed E-state index contributed by atoms with van der Waals surface area (Å²) in [5, 5.41) is 11.6. The van der Waals surface area contributed by atoms with Crippen LogP contribution in [0.4, 0.5) is 5.82 Å². The van der Waals surface area contributed by atoms with Crippen molar-refractivity contribution >= 4 is 23.1 Å². The van der Waals surface area contributed by atoms with Crippen LogP contribution in [0.2, 0.25) is 0 Å². The second kappa shape index (κ2) is 8.76. The van der Waals surface area contributed by atoms with Gasteiger partial charge in [0.15, 0.2) is 0 Å². The summed E-state index contributed by atoms with van der Waals surface area (Å²) in [6.45, 7) is 5.67. The molecular weight excluding hydrogens is 382 g/mol. The predicted molar refractivity (Wildman–Crippen MR) is 118 cm³/mol. The van der Waals surface area contributed by atoms with Crippen LogP contribution in [0.25, 0.3) is 10.4 Å². The second-order valence-corrected chi connectivity index (χ2v) is 8.25. The van der Waals surface area contributed by atoms with Gasteiger partial charge in [-0.15, -0.1) is 11.3 Å². The number of aromatic carboxylic acids is 1. The van der Waals surface area contributed by atoms with Gasteiger partial charge in [0.2, 0.25) is 0 Å². The Morgan fingerprint density at radius 3 is 2.76 bits per heavy atom. The van der Waals surface area contributed by atoms with E-state index in [4.69, 9.17) is 0 Å². The van der Waals surface area contributed by atoms with E-state index in [1.54, 1.807) is 29.7 Å². The van der Waals surface area contributed by atoms with Crippen LogP contribution in [-0.2, 0) is 6.54 Å². The molecule has 1 aliphatic rings. The van der Waals surface area contributed by atoms with Crippen LogP contribution in [0.5, 0.6) is 0 Å². The Morgan fingerprint density at radius 2 is 2.07 bits per heavy atom. The van der Waals surface area contributed by atoms with E-state index < -0.39 is 5.97 Å². The molecule has 1 aliphatic heterocycles. The van der Waals surface area contributed by atoms with E-state index in [0.717, 1.165) is 32.6 Å². The van der Waals surface area contributed by atoms with E-state index in [-0.39, 0.29) is 5.56 Å². The number of carbonyl (C=O) groups is 1. The summed E-state index contributed by atoms with van der Waals surface area (Å²) < 4.78 is 0. The number of nitrogens with zero attached hydrogens (tertiary/aromatic N) is 3. The number of carboxylic acid groups (broad SMARTS) is 1. The maximum atomic E-state index is 11.5. The number of pyridine rings is 1. The molecule has 1 N–H and O–H groups in total. The zero-order valence-electron chi connectivity index (χ0n) is 16.5. The third-order valence-corrected chi connectivity index (χ3v) is 6.47. The predicted octanol–water partition coefficient (Wildman–Crippen LogP) is 4.61. The van der Waals surface area contributed by atoms with Crippen molar-refractivity contribution in [1.29, 1.82) is 0 Å². The number of hydrogen-bond donors (Lipinski definition) is 1. The van der Waals surface area contributed by atoms with Crippen molar-refractivity contribution < 1.29 is 9.90 Å². The molecule has 0 radical (unpaired) electrons. The third kappa shape index (κ3) is 4.33. The van der Waals surface area contributed by atoms with E-state index >= 15 is 0 Å². The first-order chi connectivity index (χ1) is 14.2. The third-order valence-electron chi connectivity index (χ3n) is 5.55. The van der Waals surface area contributed by atoms with E-state index in [2.05, 4.69) is 63.5 Å². The van der Waals surface area contributed by atoms with Gasteiger partial charge in [0.05, 0.1) is 0 Å². The van der Waals surface area contributed by atoms with E-state index in [9.17, 15) is 9.90 Å². The van der Waals surface area contributed by atoms with Crippen molar-refractivity contribution in [1.82, 2.24) is 9.88 Å². The summed E-state index contributed by atoms with van der Waals surface area (Å²) in [6.07, 6.45) is 2.68. The van der Waals surface area contributed by atoms with Crippen LogP contribution in [0.15, 0.2) is 60.1 Å². The lowest BCUT2D eigenvalue weighted by atomic mass is 10.1. The van der Waals surface area contributed by atoms with Crippen molar-refractivity contribution in [2.24, 2.45) is 0 Å². The highest BCUT2D eigenvalue weighted by atomic mass is 32.1. The molecule has 1 atom stereocenters. The van der Waals surface area contributed by atoms with Gasteiger partial charge in [0.1, 0.15) is 11.4 Å². The van der Waals surface area contributed by atoms with E-state index in [0.29, 0.717) is 11.9 Å². The van der Waals surface area contributed by atoms with E-state index in [1.165, 1.54) is 16.0 Å². The first-order valence-corrected chi connectivity index (χ1v) is 10.8. The number of likely N-dealkylation sites (N-methyl/N-ethyl adjacent to an activating group) is 1. The first kappa shape index (κ1) is 19.6. The standard InChI is InChI=1S/C23H25N3O2S/c1-2-25(15-17-7-9-18(10-8-17)21-6-4-14-29-21)19-11-13-26(16-19)22-20(23(27)28)5-3-12-24-22/h3-10,12,14,19H,2,11,13,15-16H2,1H3,(H,27,28)/t19-/m1/s1. The summed E-state index contributed by atoms with van der Waals surface area (Å²) in [7, 11) is 0. The highest BCUT2D eigenvalue weighted by Crippen LogP contribution is 2.27. The number of hydrogen-bond acceptors (Lipinski definition) is 5. The van der Waals surface area contributed by atoms with Crippen molar-refractivity contribution in [3.05, 3.63) is 71.2 Å². The molecule has 6 heteroatoms. The van der Waals surface area contributed by atoms with Gasteiger partial charge in [0, 0.05) is 36.8 Å². The Morgan fingerprint density at radius 1 is 1.24 bits per heavy atom. The maximum absolute atomic E-state index is 11.5. The molecular formula is C23H25N3O2S. The summed E-state index contributed by atoms with van der Waals surface area (Å²) in [4.78, 5) is 21.7. The Labute approximate surface area is 175 Å². The van der Waals surface area contributed by atoms with Gasteiger partial charge in [-0.3, -0.25) is 4.90 Å². The molecule has 5 nitrogen and oxygen atoms in total. The van der Waals surface area contributed by atoms with Crippen molar-refractivity contribution in [2.75, 3.05) is 24.5 Å². The Kier molecular flexibility index (Phi) is 5.92. The fraction of sp³-hybridized carbons (Fsp3) is 0.304. The van der Waals surface area contributed by atoms with Crippen molar-refractivity contribution in [3.8, 4) is 10.4 Å². The zero-order valence-corrected chi connectivity index (χ0v) is 17.3. The largest absolute Gasteiger partial charge is 0.478 e. The average Bonchev–Trinajstić information content (AvgIpc) is 3.45. The molecule has 3 aromatic rings. The second-order valence-electron chi connectivity index (χ2n) is 7.31. The number of aromatic nitrogens is 1. The molecule has 150 valence electrons. The molecule has 0 bridgehead atoms. The van der Waals surface area contributed by atoms with Crippen LogP contribution in [0.3, 0.4) is 0 Å². The molecule has 0 amide bonds. The fourth-order valence-corrected chi connectivity index (χ4v) is 4.73. The molecule has 1 saturated heterocycles.